The molecule has 0 aromatic carbocycles. The van der Waals surface area contributed by atoms with E-state index in [-0.39, 0.29) is 17.7 Å². The Morgan fingerprint density at radius 2 is 1.72 bits per heavy atom. The summed E-state index contributed by atoms with van der Waals surface area (Å²) in [5.74, 6) is 2.15. The zero-order valence-corrected chi connectivity index (χ0v) is 11.5. The molecule has 2 amide bonds. The van der Waals surface area contributed by atoms with Crippen LogP contribution in [0.3, 0.4) is 0 Å². The Morgan fingerprint density at radius 3 is 2.28 bits per heavy atom. The molecule has 0 saturated heterocycles. The molecule has 2 aliphatic rings. The van der Waals surface area contributed by atoms with Gasteiger partial charge < -0.3 is 10.6 Å². The largest absolute Gasteiger partial charge is 0.354 e. The van der Waals surface area contributed by atoms with Crippen LogP contribution in [0.15, 0.2) is 0 Å². The second kappa shape index (κ2) is 5.29. The summed E-state index contributed by atoms with van der Waals surface area (Å²) in [5, 5.41) is 5.68. The fourth-order valence-corrected chi connectivity index (χ4v) is 2.78. The Labute approximate surface area is 109 Å². The van der Waals surface area contributed by atoms with E-state index in [9.17, 15) is 9.59 Å². The number of hydrogen-bond donors (Lipinski definition) is 2. The fourth-order valence-electron chi connectivity index (χ4n) is 2.78. The Balaban J connectivity index is 1.71. The first-order valence-electron chi connectivity index (χ1n) is 7.05. The van der Waals surface area contributed by atoms with E-state index in [2.05, 4.69) is 10.6 Å². The summed E-state index contributed by atoms with van der Waals surface area (Å²) in [6, 6.07) is -0.423. The van der Waals surface area contributed by atoms with Gasteiger partial charge in [0.15, 0.2) is 0 Å². The third-order valence-electron chi connectivity index (χ3n) is 4.05. The molecule has 18 heavy (non-hydrogen) atoms. The van der Waals surface area contributed by atoms with Crippen molar-refractivity contribution in [2.24, 2.45) is 23.7 Å². The predicted octanol–water partition coefficient (Wildman–Crippen LogP) is 1.31. The minimum atomic E-state index is -0.423. The highest BCUT2D eigenvalue weighted by Crippen LogP contribution is 2.54. The summed E-state index contributed by atoms with van der Waals surface area (Å²) in [5.41, 5.74) is 0. The molecule has 3 unspecified atom stereocenters. The van der Waals surface area contributed by atoms with E-state index in [0.717, 1.165) is 24.7 Å². The molecule has 4 heteroatoms. The maximum atomic E-state index is 12.0. The van der Waals surface area contributed by atoms with Gasteiger partial charge in [-0.3, -0.25) is 9.59 Å². The van der Waals surface area contributed by atoms with Crippen LogP contribution in [0.5, 0.6) is 0 Å². The lowest BCUT2D eigenvalue weighted by molar-refractivity contribution is -0.130. The molecule has 4 nitrogen and oxygen atoms in total. The Bertz CT molecular complexity index is 331. The Hall–Kier alpha value is -1.06. The van der Waals surface area contributed by atoms with E-state index in [1.165, 1.54) is 6.42 Å². The van der Waals surface area contributed by atoms with Crippen molar-refractivity contribution < 1.29 is 9.59 Å². The highest BCUT2D eigenvalue weighted by molar-refractivity contribution is 5.88. The van der Waals surface area contributed by atoms with E-state index in [0.29, 0.717) is 12.5 Å². The number of carbonyl (C=O) groups is 2. The number of carbonyl (C=O) groups excluding carboxylic acids is 2. The molecule has 2 fully saturated rings. The van der Waals surface area contributed by atoms with Crippen LogP contribution in [0, 0.1) is 23.7 Å². The van der Waals surface area contributed by atoms with Crippen LogP contribution < -0.4 is 10.6 Å². The Morgan fingerprint density at radius 1 is 1.11 bits per heavy atom. The Kier molecular flexibility index (Phi) is 3.93. The molecule has 2 saturated carbocycles. The van der Waals surface area contributed by atoms with Crippen LogP contribution in [0.1, 0.15) is 40.0 Å². The minimum Gasteiger partial charge on any atom is -0.354 e. The molecule has 2 rings (SSSR count). The van der Waals surface area contributed by atoms with Crippen molar-refractivity contribution in [2.45, 2.75) is 46.1 Å². The third-order valence-corrected chi connectivity index (χ3v) is 4.05. The molecule has 3 atom stereocenters. The second-order valence-corrected chi connectivity index (χ2v) is 6.29. The van der Waals surface area contributed by atoms with Gasteiger partial charge in [0, 0.05) is 12.5 Å². The standard InChI is InChI=1S/C14H24N2O2/c1-8(2)7-15-13(17)9(3)16-14(18)12-5-10-4-11(10)6-12/h8-12H,4-7H2,1-3H3,(H,15,17)(H,16,18). The maximum absolute atomic E-state index is 12.0. The summed E-state index contributed by atoms with van der Waals surface area (Å²) in [7, 11) is 0. The molecule has 0 aromatic rings. The second-order valence-electron chi connectivity index (χ2n) is 6.29. The monoisotopic (exact) mass is 252 g/mol. The zero-order chi connectivity index (χ0) is 13.3. The lowest BCUT2D eigenvalue weighted by Gasteiger charge is -2.18. The van der Waals surface area contributed by atoms with Crippen LogP contribution >= 0.6 is 0 Å². The summed E-state index contributed by atoms with van der Waals surface area (Å²) >= 11 is 0. The number of rotatable bonds is 5. The van der Waals surface area contributed by atoms with Crippen molar-refractivity contribution in [3.8, 4) is 0 Å². The van der Waals surface area contributed by atoms with Crippen LogP contribution in [0.25, 0.3) is 0 Å². The molecule has 0 aliphatic heterocycles. The average molecular weight is 252 g/mol. The predicted molar refractivity (Wildman–Crippen MR) is 69.8 cm³/mol. The molecule has 0 heterocycles. The zero-order valence-electron chi connectivity index (χ0n) is 11.5. The van der Waals surface area contributed by atoms with Crippen molar-refractivity contribution in [3.63, 3.8) is 0 Å². The molecule has 0 bridgehead atoms. The maximum Gasteiger partial charge on any atom is 0.242 e. The van der Waals surface area contributed by atoms with Crippen molar-refractivity contribution in [3.05, 3.63) is 0 Å². The summed E-state index contributed by atoms with van der Waals surface area (Å²) in [6.45, 7) is 6.51. The van der Waals surface area contributed by atoms with Gasteiger partial charge in [0.05, 0.1) is 0 Å². The van der Waals surface area contributed by atoms with Gasteiger partial charge in [-0.05, 0) is 43.9 Å². The molecule has 2 aliphatic carbocycles. The van der Waals surface area contributed by atoms with Gasteiger partial charge in [0.2, 0.25) is 11.8 Å². The third kappa shape index (κ3) is 3.24. The topological polar surface area (TPSA) is 58.2 Å². The van der Waals surface area contributed by atoms with Gasteiger partial charge in [-0.2, -0.15) is 0 Å². The number of amides is 2. The molecular weight excluding hydrogens is 228 g/mol. The van der Waals surface area contributed by atoms with Gasteiger partial charge >= 0.3 is 0 Å². The van der Waals surface area contributed by atoms with Crippen LogP contribution in [-0.4, -0.2) is 24.4 Å². The lowest BCUT2D eigenvalue weighted by Crippen LogP contribution is -2.47. The fraction of sp³-hybridized carbons (Fsp3) is 0.857. The van der Waals surface area contributed by atoms with Crippen LogP contribution in [0.4, 0.5) is 0 Å². The first-order valence-corrected chi connectivity index (χ1v) is 7.05. The SMILES string of the molecule is CC(C)CNC(=O)C(C)NC(=O)C1CC2CC2C1. The molecule has 0 aromatic heterocycles. The molecule has 102 valence electrons. The highest BCUT2D eigenvalue weighted by atomic mass is 16.2. The van der Waals surface area contributed by atoms with Gasteiger partial charge in [-0.15, -0.1) is 0 Å². The highest BCUT2D eigenvalue weighted by Gasteiger charge is 2.48. The van der Waals surface area contributed by atoms with Crippen LogP contribution in [0.2, 0.25) is 0 Å². The summed E-state index contributed by atoms with van der Waals surface area (Å²) in [6.07, 6.45) is 3.36. The smallest absolute Gasteiger partial charge is 0.242 e. The molecule has 0 spiro atoms. The number of hydrogen-bond acceptors (Lipinski definition) is 2. The number of fused-ring (bicyclic) bond motifs is 1. The quantitative estimate of drug-likeness (QED) is 0.775. The first-order chi connectivity index (χ1) is 8.47. The van der Waals surface area contributed by atoms with Crippen LogP contribution in [-0.2, 0) is 9.59 Å². The number of nitrogens with one attached hydrogen (secondary N) is 2. The van der Waals surface area contributed by atoms with Crippen molar-refractivity contribution in [1.29, 1.82) is 0 Å². The minimum absolute atomic E-state index is 0.0643. The van der Waals surface area contributed by atoms with Gasteiger partial charge in [-0.1, -0.05) is 13.8 Å². The first kappa shape index (κ1) is 13.4. The van der Waals surface area contributed by atoms with Crippen molar-refractivity contribution in [1.82, 2.24) is 10.6 Å². The van der Waals surface area contributed by atoms with Crippen molar-refractivity contribution >= 4 is 11.8 Å². The van der Waals surface area contributed by atoms with E-state index in [1.807, 2.05) is 13.8 Å². The lowest BCUT2D eigenvalue weighted by atomic mass is 10.0. The summed E-state index contributed by atoms with van der Waals surface area (Å²) < 4.78 is 0. The van der Waals surface area contributed by atoms with Gasteiger partial charge in [0.1, 0.15) is 6.04 Å². The van der Waals surface area contributed by atoms with Gasteiger partial charge in [0.25, 0.3) is 0 Å². The van der Waals surface area contributed by atoms with E-state index in [1.54, 1.807) is 6.92 Å². The molecule has 0 radical (unpaired) electrons. The van der Waals surface area contributed by atoms with Gasteiger partial charge in [-0.25, -0.2) is 0 Å². The van der Waals surface area contributed by atoms with E-state index < -0.39 is 6.04 Å². The average Bonchev–Trinajstić information content (AvgIpc) is 2.92. The van der Waals surface area contributed by atoms with E-state index in [4.69, 9.17) is 0 Å². The molecule has 2 N–H and O–H groups in total. The van der Waals surface area contributed by atoms with Crippen molar-refractivity contribution in [2.75, 3.05) is 6.54 Å². The normalized spacial score (nSPS) is 30.8. The summed E-state index contributed by atoms with van der Waals surface area (Å²) in [4.78, 5) is 23.7. The molecular formula is C14H24N2O2. The van der Waals surface area contributed by atoms with E-state index >= 15 is 0 Å².